The molecule has 0 N–H and O–H groups in total. The molecule has 0 amide bonds. The fraction of sp³-hybridized carbons (Fsp3) is 0. The van der Waals surface area contributed by atoms with Crippen molar-refractivity contribution < 1.29 is 30.5 Å². The van der Waals surface area contributed by atoms with Gasteiger partial charge in [0.2, 0.25) is 0 Å². The van der Waals surface area contributed by atoms with E-state index in [9.17, 15) is 0 Å². The summed E-state index contributed by atoms with van der Waals surface area (Å²) in [6.07, 6.45) is 0. The van der Waals surface area contributed by atoms with Gasteiger partial charge in [0.1, 0.15) is 0 Å². The molecule has 0 aliphatic heterocycles. The molecule has 0 saturated heterocycles. The molecule has 26 heteroatoms. The Morgan fingerprint density at radius 3 is 0.269 bits per heavy atom. The third kappa shape index (κ3) is 539. The molecule has 26 heavy (non-hydrogen) atoms. The van der Waals surface area contributed by atoms with Crippen LogP contribution in [0.25, 0.3) is 0 Å². The number of rotatable bonds is 0. The minimum Gasteiger partial charge on any atom is -0.356 e. The van der Waals surface area contributed by atoms with Gasteiger partial charge in [-0.3, -0.25) is 0 Å². The Hall–Kier alpha value is -3.74. The number of hydrogen-bond acceptors (Lipinski definition) is 18. The predicted octanol–water partition coefficient (Wildman–Crippen LogP) is -2.20. The maximum atomic E-state index is 8.25. The molecule has 0 aromatic carbocycles. The molecule has 0 aliphatic rings. The van der Waals surface area contributed by atoms with Crippen LogP contribution in [0.2, 0.25) is 0 Å². The van der Waals surface area contributed by atoms with Gasteiger partial charge in [-0.1, -0.05) is 0 Å². The molecule has 0 spiro atoms. The molecular weight excluding hydrogens is 426 g/mol. The van der Waals surface area contributed by atoms with Crippen molar-refractivity contribution in [2.24, 2.45) is 0 Å². The first kappa shape index (κ1) is 49.5. The summed E-state index contributed by atoms with van der Waals surface area (Å²) in [4.78, 5) is 49.5. The Balaban J connectivity index is -0.0000000245. The van der Waals surface area contributed by atoms with Crippen LogP contribution in [0.15, 0.2) is 0 Å². The van der Waals surface area contributed by atoms with Gasteiger partial charge in [-0.15, -0.1) is 0 Å². The molecule has 24 nitrogen and oxygen atoms in total. The topological polar surface area (TPSA) is 397 Å². The van der Waals surface area contributed by atoms with Crippen LogP contribution in [-0.4, -0.2) is 65.2 Å². The summed E-state index contributed by atoms with van der Waals surface area (Å²) in [5.41, 5.74) is 0. The van der Waals surface area contributed by atoms with Gasteiger partial charge in [0.25, 0.3) is 0 Å². The fourth-order valence-electron chi connectivity index (χ4n) is 0. The maximum absolute atomic E-state index is 8.25. The first-order valence-corrected chi connectivity index (χ1v) is 3.29. The van der Waals surface area contributed by atoms with Crippen LogP contribution in [0.5, 0.6) is 0 Å². The van der Waals surface area contributed by atoms with Crippen molar-refractivity contribution in [1.82, 2.24) is 0 Å². The van der Waals surface area contributed by atoms with Crippen molar-refractivity contribution in [3.8, 4) is 0 Å². The Kier molecular flexibility index (Phi) is 81.7. The number of nitrogens with zero attached hydrogens (tertiary/aromatic N) is 6. The van der Waals surface area contributed by atoms with Crippen molar-refractivity contribution in [3.63, 3.8) is 0 Å². The maximum Gasteiger partial charge on any atom is 3.00 e. The van der Waals surface area contributed by atoms with Crippen LogP contribution in [0.1, 0.15) is 0 Å². The van der Waals surface area contributed by atoms with E-state index in [1.54, 1.807) is 0 Å². The zero-order valence-corrected chi connectivity index (χ0v) is 13.5. The summed E-state index contributed by atoms with van der Waals surface area (Å²) < 4.78 is 0. The normalized spacial score (nSPS) is 5.54. The van der Waals surface area contributed by atoms with Crippen LogP contribution in [-0.2, 0) is 0 Å². The quantitative estimate of drug-likeness (QED) is 0.225. The second kappa shape index (κ2) is 42.9. The smallest absolute Gasteiger partial charge is 0.356 e. The molecule has 0 heterocycles. The first-order valence-electron chi connectivity index (χ1n) is 3.29. The monoisotopic (exact) mass is 426 g/mol. The van der Waals surface area contributed by atoms with E-state index in [0.717, 1.165) is 0 Å². The SMILES string of the molecule is O=[N+]([O-])[O-].O=[N+]([O-])[O-].O=[N+]([O-])[O-].O=[N+]([O-])[O-].O=[N+]([O-])[O-].O=[N+]([O-])[O-].[Al+3].[Al+3]. The van der Waals surface area contributed by atoms with E-state index < -0.39 is 30.5 Å². The van der Waals surface area contributed by atoms with Crippen LogP contribution in [0, 0.1) is 91.9 Å². The van der Waals surface area contributed by atoms with Gasteiger partial charge in [-0.05, 0) is 0 Å². The standard InChI is InChI=1S/2Al.6NO3/c;;6*2-1(3)4/q2*+3;6*-1. The minimum absolute atomic E-state index is 0. The van der Waals surface area contributed by atoms with Gasteiger partial charge < -0.3 is 91.9 Å². The number of hydrogen-bond donors (Lipinski definition) is 0. The van der Waals surface area contributed by atoms with Gasteiger partial charge in [0.05, 0.1) is 30.5 Å². The largest absolute Gasteiger partial charge is 3.00 e. The Labute approximate surface area is 158 Å². The van der Waals surface area contributed by atoms with Crippen molar-refractivity contribution in [2.45, 2.75) is 0 Å². The summed E-state index contributed by atoms with van der Waals surface area (Å²) in [5.74, 6) is 0. The molecule has 0 aromatic rings. The molecule has 0 atom stereocenters. The third-order valence-corrected chi connectivity index (χ3v) is 0. The van der Waals surface area contributed by atoms with Crippen molar-refractivity contribution in [3.05, 3.63) is 91.9 Å². The molecule has 0 saturated carbocycles. The van der Waals surface area contributed by atoms with E-state index in [0.29, 0.717) is 0 Å². The van der Waals surface area contributed by atoms with Crippen LogP contribution >= 0.6 is 0 Å². The fourth-order valence-corrected chi connectivity index (χ4v) is 0. The van der Waals surface area contributed by atoms with Gasteiger partial charge >= 0.3 is 34.7 Å². The molecule has 0 radical (unpaired) electrons. The molecule has 0 unspecified atom stereocenters. The van der Waals surface area contributed by atoms with Gasteiger partial charge in [-0.25, -0.2) is 0 Å². The molecule has 0 bridgehead atoms. The zero-order chi connectivity index (χ0) is 21.5. The average Bonchev–Trinajstić information content (AvgIpc) is 2.08. The summed E-state index contributed by atoms with van der Waals surface area (Å²) in [5, 5.41) is 88.5. The van der Waals surface area contributed by atoms with Gasteiger partial charge in [0.15, 0.2) is 0 Å². The van der Waals surface area contributed by atoms with E-state index in [1.807, 2.05) is 0 Å². The van der Waals surface area contributed by atoms with Crippen LogP contribution in [0.3, 0.4) is 0 Å². The average molecular weight is 426 g/mol. The van der Waals surface area contributed by atoms with E-state index in [4.69, 9.17) is 91.9 Å². The van der Waals surface area contributed by atoms with Crippen LogP contribution < -0.4 is 0 Å². The van der Waals surface area contributed by atoms with E-state index in [-0.39, 0.29) is 34.7 Å². The minimum atomic E-state index is -1.75. The molecule has 0 aromatic heterocycles. The molecule has 0 rings (SSSR count). The summed E-state index contributed by atoms with van der Waals surface area (Å²) in [6.45, 7) is 0. The summed E-state index contributed by atoms with van der Waals surface area (Å²) >= 11 is 0. The summed E-state index contributed by atoms with van der Waals surface area (Å²) in [7, 11) is 0. The zero-order valence-electron chi connectivity index (χ0n) is 11.2. The second-order valence-electron chi connectivity index (χ2n) is 1.34. The van der Waals surface area contributed by atoms with Crippen molar-refractivity contribution in [2.75, 3.05) is 0 Å². The Morgan fingerprint density at radius 1 is 0.269 bits per heavy atom. The predicted molar refractivity (Wildman–Crippen MR) is 73.7 cm³/mol. The van der Waals surface area contributed by atoms with Crippen molar-refractivity contribution >= 4 is 34.7 Å². The molecule has 0 fully saturated rings. The molecule has 144 valence electrons. The van der Waals surface area contributed by atoms with Crippen molar-refractivity contribution in [1.29, 1.82) is 0 Å². The van der Waals surface area contributed by atoms with Gasteiger partial charge in [0, 0.05) is 0 Å². The van der Waals surface area contributed by atoms with E-state index in [1.165, 1.54) is 0 Å². The Bertz CT molecular complexity index is 261. The van der Waals surface area contributed by atoms with E-state index >= 15 is 0 Å². The molecular formula is Al2N6O18. The first-order chi connectivity index (χ1) is 10.4. The Morgan fingerprint density at radius 2 is 0.269 bits per heavy atom. The van der Waals surface area contributed by atoms with Crippen LogP contribution in [0.4, 0.5) is 0 Å². The van der Waals surface area contributed by atoms with E-state index in [2.05, 4.69) is 0 Å². The summed E-state index contributed by atoms with van der Waals surface area (Å²) in [6, 6.07) is 0. The molecule has 0 aliphatic carbocycles. The second-order valence-corrected chi connectivity index (χ2v) is 1.34. The third-order valence-electron chi connectivity index (χ3n) is 0. The van der Waals surface area contributed by atoms with Gasteiger partial charge in [-0.2, -0.15) is 0 Å².